The van der Waals surface area contributed by atoms with Crippen LogP contribution < -0.4 is 5.32 Å². The molecule has 1 rings (SSSR count). The van der Waals surface area contributed by atoms with Gasteiger partial charge in [-0.3, -0.25) is 4.68 Å². The van der Waals surface area contributed by atoms with E-state index >= 15 is 0 Å². The number of nitrogens with zero attached hydrogens (tertiary/aromatic N) is 2. The second kappa shape index (κ2) is 9.19. The summed E-state index contributed by atoms with van der Waals surface area (Å²) in [5, 5.41) is 7.70. The molecule has 0 aliphatic heterocycles. The van der Waals surface area contributed by atoms with Crippen molar-refractivity contribution < 1.29 is 4.74 Å². The molecule has 1 N–H and O–H groups in total. The zero-order valence-corrected chi connectivity index (χ0v) is 11.1. The maximum Gasteiger partial charge on any atom is 0.0587 e. The van der Waals surface area contributed by atoms with Crippen molar-refractivity contribution in [1.29, 1.82) is 0 Å². The van der Waals surface area contributed by atoms with Crippen molar-refractivity contribution in [2.75, 3.05) is 26.8 Å². The molecule has 0 aliphatic carbocycles. The normalized spacial score (nSPS) is 10.9. The van der Waals surface area contributed by atoms with Crippen LogP contribution in [0.1, 0.15) is 31.7 Å². The smallest absolute Gasteiger partial charge is 0.0587 e. The van der Waals surface area contributed by atoms with Gasteiger partial charge in [0.05, 0.1) is 12.8 Å². The number of aromatic nitrogens is 2. The number of rotatable bonds is 10. The van der Waals surface area contributed by atoms with Crippen LogP contribution in [0.15, 0.2) is 12.4 Å². The van der Waals surface area contributed by atoms with E-state index in [1.165, 1.54) is 18.4 Å². The summed E-state index contributed by atoms with van der Waals surface area (Å²) in [6.07, 6.45) is 8.85. The Hall–Kier alpha value is -0.870. The molecule has 1 aromatic rings. The Morgan fingerprint density at radius 3 is 3.00 bits per heavy atom. The highest BCUT2D eigenvalue weighted by Gasteiger charge is 1.98. The first-order valence-electron chi connectivity index (χ1n) is 6.57. The zero-order valence-electron chi connectivity index (χ0n) is 11.1. The third-order valence-electron chi connectivity index (χ3n) is 2.73. The third-order valence-corrected chi connectivity index (χ3v) is 2.73. The second-order valence-electron chi connectivity index (χ2n) is 4.31. The summed E-state index contributed by atoms with van der Waals surface area (Å²) in [4.78, 5) is 0. The first-order chi connectivity index (χ1) is 8.36. The molecule has 0 fully saturated rings. The lowest BCUT2D eigenvalue weighted by Gasteiger charge is -2.02. The van der Waals surface area contributed by atoms with E-state index in [4.69, 9.17) is 4.74 Å². The van der Waals surface area contributed by atoms with Gasteiger partial charge in [-0.05, 0) is 31.4 Å². The van der Waals surface area contributed by atoms with Crippen LogP contribution in [0.25, 0.3) is 0 Å². The summed E-state index contributed by atoms with van der Waals surface area (Å²) in [7, 11) is 1.73. The molecule has 0 radical (unpaired) electrons. The maximum atomic E-state index is 4.97. The Morgan fingerprint density at radius 2 is 2.24 bits per heavy atom. The molecule has 0 atom stereocenters. The van der Waals surface area contributed by atoms with Gasteiger partial charge in [-0.25, -0.2) is 0 Å². The Labute approximate surface area is 104 Å². The van der Waals surface area contributed by atoms with Crippen LogP contribution in [0.3, 0.4) is 0 Å². The van der Waals surface area contributed by atoms with Gasteiger partial charge in [-0.1, -0.05) is 13.3 Å². The van der Waals surface area contributed by atoms with Gasteiger partial charge in [0.25, 0.3) is 0 Å². The summed E-state index contributed by atoms with van der Waals surface area (Å²) < 4.78 is 7.02. The number of aryl methyl sites for hydroxylation is 2. The third kappa shape index (κ3) is 6.44. The van der Waals surface area contributed by atoms with E-state index in [0.29, 0.717) is 0 Å². The molecule has 0 unspecified atom stereocenters. The van der Waals surface area contributed by atoms with Crippen LogP contribution in [0.2, 0.25) is 0 Å². The van der Waals surface area contributed by atoms with Crippen molar-refractivity contribution in [2.24, 2.45) is 0 Å². The first-order valence-corrected chi connectivity index (χ1v) is 6.57. The van der Waals surface area contributed by atoms with Gasteiger partial charge in [-0.15, -0.1) is 0 Å². The summed E-state index contributed by atoms with van der Waals surface area (Å²) in [6.45, 7) is 6.02. The molecule has 4 heteroatoms. The van der Waals surface area contributed by atoms with Gasteiger partial charge < -0.3 is 10.1 Å². The van der Waals surface area contributed by atoms with Gasteiger partial charge in [-0.2, -0.15) is 5.10 Å². The highest BCUT2D eigenvalue weighted by molar-refractivity contribution is 5.03. The van der Waals surface area contributed by atoms with E-state index in [-0.39, 0.29) is 0 Å². The van der Waals surface area contributed by atoms with Crippen LogP contribution in [0, 0.1) is 0 Å². The molecule has 0 aliphatic rings. The van der Waals surface area contributed by atoms with Crippen LogP contribution in [0.4, 0.5) is 0 Å². The number of unbranched alkanes of at least 4 members (excludes halogenated alkanes) is 1. The first kappa shape index (κ1) is 14.2. The lowest BCUT2D eigenvalue weighted by Crippen LogP contribution is -2.20. The van der Waals surface area contributed by atoms with Gasteiger partial charge in [0.2, 0.25) is 0 Å². The summed E-state index contributed by atoms with van der Waals surface area (Å²) in [5.41, 5.74) is 1.34. The molecular weight excluding hydrogens is 214 g/mol. The van der Waals surface area contributed by atoms with Crippen LogP contribution >= 0.6 is 0 Å². The molecular formula is C13H25N3O. The van der Waals surface area contributed by atoms with Gasteiger partial charge in [0.15, 0.2) is 0 Å². The maximum absolute atomic E-state index is 4.97. The van der Waals surface area contributed by atoms with Crippen LogP contribution in [-0.2, 0) is 17.7 Å². The highest BCUT2D eigenvalue weighted by Crippen LogP contribution is 2.02. The van der Waals surface area contributed by atoms with Crippen molar-refractivity contribution in [2.45, 2.75) is 39.2 Å². The van der Waals surface area contributed by atoms with E-state index in [1.807, 2.05) is 6.20 Å². The van der Waals surface area contributed by atoms with E-state index in [9.17, 15) is 0 Å². The SMILES string of the molecule is CCCCn1cc(CCCNCCOC)cn1. The average molecular weight is 239 g/mol. The largest absolute Gasteiger partial charge is 0.383 e. The summed E-state index contributed by atoms with van der Waals surface area (Å²) in [5.74, 6) is 0. The molecule has 0 amide bonds. The zero-order chi connectivity index (χ0) is 12.3. The van der Waals surface area contributed by atoms with Crippen LogP contribution in [-0.4, -0.2) is 36.6 Å². The Balaban J connectivity index is 2.08. The van der Waals surface area contributed by atoms with E-state index < -0.39 is 0 Å². The Kier molecular flexibility index (Phi) is 7.67. The Bertz CT molecular complexity index is 286. The summed E-state index contributed by atoms with van der Waals surface area (Å²) >= 11 is 0. The minimum absolute atomic E-state index is 0.787. The fraction of sp³-hybridized carbons (Fsp3) is 0.769. The van der Waals surface area contributed by atoms with E-state index in [2.05, 4.69) is 28.2 Å². The molecule has 0 bridgehead atoms. The molecule has 17 heavy (non-hydrogen) atoms. The Morgan fingerprint density at radius 1 is 1.35 bits per heavy atom. The number of nitrogens with one attached hydrogen (secondary N) is 1. The number of ether oxygens (including phenoxy) is 1. The monoisotopic (exact) mass is 239 g/mol. The van der Waals surface area contributed by atoms with E-state index in [0.717, 1.165) is 39.1 Å². The van der Waals surface area contributed by atoms with Crippen molar-refractivity contribution >= 4 is 0 Å². The fourth-order valence-corrected chi connectivity index (χ4v) is 1.69. The molecule has 98 valence electrons. The molecule has 0 saturated heterocycles. The average Bonchev–Trinajstić information content (AvgIpc) is 2.79. The van der Waals surface area contributed by atoms with Gasteiger partial charge in [0.1, 0.15) is 0 Å². The molecule has 1 aromatic heterocycles. The predicted molar refractivity (Wildman–Crippen MR) is 70.2 cm³/mol. The van der Waals surface area contributed by atoms with Crippen molar-refractivity contribution in [3.05, 3.63) is 18.0 Å². The van der Waals surface area contributed by atoms with E-state index in [1.54, 1.807) is 7.11 Å². The van der Waals surface area contributed by atoms with Crippen molar-refractivity contribution in [3.8, 4) is 0 Å². The van der Waals surface area contributed by atoms with Crippen LogP contribution in [0.5, 0.6) is 0 Å². The standard InChI is InChI=1S/C13H25N3O/c1-3-4-9-16-12-13(11-15-16)6-5-7-14-8-10-17-2/h11-12,14H,3-10H2,1-2H3. The minimum Gasteiger partial charge on any atom is -0.383 e. The number of methoxy groups -OCH3 is 1. The molecule has 0 spiro atoms. The summed E-state index contributed by atoms with van der Waals surface area (Å²) in [6, 6.07) is 0. The molecule has 0 aromatic carbocycles. The van der Waals surface area contributed by atoms with Gasteiger partial charge in [0, 0.05) is 26.4 Å². The minimum atomic E-state index is 0.787. The lowest BCUT2D eigenvalue weighted by molar-refractivity contribution is 0.199. The highest BCUT2D eigenvalue weighted by atomic mass is 16.5. The quantitative estimate of drug-likeness (QED) is 0.633. The number of hydrogen-bond donors (Lipinski definition) is 1. The lowest BCUT2D eigenvalue weighted by atomic mass is 10.2. The number of hydrogen-bond acceptors (Lipinski definition) is 3. The molecule has 0 saturated carbocycles. The predicted octanol–water partition coefficient (Wildman–Crippen LogP) is 1.85. The molecule has 4 nitrogen and oxygen atoms in total. The van der Waals surface area contributed by atoms with Gasteiger partial charge >= 0.3 is 0 Å². The topological polar surface area (TPSA) is 39.1 Å². The fourth-order valence-electron chi connectivity index (χ4n) is 1.69. The van der Waals surface area contributed by atoms with Crippen molar-refractivity contribution in [1.82, 2.24) is 15.1 Å². The second-order valence-corrected chi connectivity index (χ2v) is 4.31. The van der Waals surface area contributed by atoms with Crippen molar-refractivity contribution in [3.63, 3.8) is 0 Å². The molecule has 1 heterocycles.